The van der Waals surface area contributed by atoms with Gasteiger partial charge in [0, 0.05) is 23.5 Å². The smallest absolute Gasteiger partial charge is 0.258 e. The van der Waals surface area contributed by atoms with Crippen molar-refractivity contribution < 1.29 is 14.0 Å². The molecule has 8 heteroatoms. The topological polar surface area (TPSA) is 82.6 Å². The minimum Gasteiger partial charge on any atom is -0.598 e. The predicted molar refractivity (Wildman–Crippen MR) is 111 cm³/mol. The molecule has 1 fully saturated rings. The molecule has 0 radical (unpaired) electrons. The quantitative estimate of drug-likeness (QED) is 0.788. The van der Waals surface area contributed by atoms with Gasteiger partial charge in [-0.15, -0.1) is 4.72 Å². The van der Waals surface area contributed by atoms with E-state index in [1.165, 1.54) is 0 Å². The van der Waals surface area contributed by atoms with Gasteiger partial charge in [0.2, 0.25) is 0 Å². The molecule has 1 aromatic heterocycles. The van der Waals surface area contributed by atoms with E-state index < -0.39 is 11.4 Å². The van der Waals surface area contributed by atoms with E-state index in [2.05, 4.69) is 15.7 Å². The fraction of sp³-hybridized carbons (Fsp3) is 0.600. The van der Waals surface area contributed by atoms with Gasteiger partial charge in [-0.3, -0.25) is 0 Å². The van der Waals surface area contributed by atoms with E-state index in [0.29, 0.717) is 25.7 Å². The zero-order valence-electron chi connectivity index (χ0n) is 17.1. The molecule has 0 saturated carbocycles. The molecule has 4 rings (SSSR count). The van der Waals surface area contributed by atoms with Crippen LogP contribution in [0, 0.1) is 6.92 Å². The van der Waals surface area contributed by atoms with Crippen LogP contribution in [0.1, 0.15) is 44.9 Å². The summed E-state index contributed by atoms with van der Waals surface area (Å²) in [6.45, 7) is 12.6. The van der Waals surface area contributed by atoms with E-state index in [1.807, 2.05) is 40.7 Å². The second-order valence-corrected chi connectivity index (χ2v) is 10.5. The van der Waals surface area contributed by atoms with Crippen LogP contribution in [0.15, 0.2) is 12.1 Å². The molecule has 0 aliphatic carbocycles. The molecule has 0 amide bonds. The lowest BCUT2D eigenvalue weighted by atomic mass is 10.0. The number of fused-ring (bicyclic) bond motifs is 4. The van der Waals surface area contributed by atoms with Gasteiger partial charge in [-0.2, -0.15) is 0 Å². The molecule has 1 saturated heterocycles. The molecule has 0 spiro atoms. The second kappa shape index (κ2) is 7.33. The average molecular weight is 405 g/mol. The minimum absolute atomic E-state index is 0.130. The highest BCUT2D eigenvalue weighted by Crippen LogP contribution is 2.35. The van der Waals surface area contributed by atoms with Crippen molar-refractivity contribution in [1.82, 2.24) is 14.7 Å². The molecule has 0 bridgehead atoms. The largest absolute Gasteiger partial charge is 0.598 e. The lowest BCUT2D eigenvalue weighted by Crippen LogP contribution is -2.51. The van der Waals surface area contributed by atoms with E-state index in [1.54, 1.807) is 0 Å². The first-order chi connectivity index (χ1) is 13.2. The van der Waals surface area contributed by atoms with Crippen molar-refractivity contribution in [3.05, 3.63) is 23.3 Å². The number of hydrogen-bond donors (Lipinski definition) is 1. The molecule has 152 valence electrons. The third-order valence-corrected chi connectivity index (χ3v) is 6.79. The lowest BCUT2D eigenvalue weighted by molar-refractivity contribution is 0.0686. The van der Waals surface area contributed by atoms with Crippen molar-refractivity contribution in [3.63, 3.8) is 0 Å². The number of benzene rings is 1. The summed E-state index contributed by atoms with van der Waals surface area (Å²) in [5, 5.41) is 0. The maximum absolute atomic E-state index is 12.6. The Morgan fingerprint density at radius 3 is 2.82 bits per heavy atom. The molecule has 3 atom stereocenters. The Morgan fingerprint density at radius 1 is 1.29 bits per heavy atom. The molecular formula is C20H28N4O3S. The van der Waals surface area contributed by atoms with Gasteiger partial charge in [0.25, 0.3) is 5.88 Å². The monoisotopic (exact) mass is 404 g/mol. The molecule has 7 nitrogen and oxygen atoms in total. The summed E-state index contributed by atoms with van der Waals surface area (Å²) >= 11 is -1.18. The molecule has 1 unspecified atom stereocenters. The van der Waals surface area contributed by atoms with E-state index in [-0.39, 0.29) is 16.8 Å². The maximum atomic E-state index is 12.6. The Labute approximate surface area is 169 Å². The van der Waals surface area contributed by atoms with E-state index >= 15 is 0 Å². The van der Waals surface area contributed by atoms with Crippen LogP contribution in [-0.4, -0.2) is 51.7 Å². The van der Waals surface area contributed by atoms with Gasteiger partial charge in [-0.05, 0) is 46.2 Å². The van der Waals surface area contributed by atoms with Crippen LogP contribution >= 0.6 is 0 Å². The van der Waals surface area contributed by atoms with E-state index in [0.717, 1.165) is 34.5 Å². The Bertz CT molecular complexity index is 886. The molecule has 2 aliphatic heterocycles. The summed E-state index contributed by atoms with van der Waals surface area (Å²) < 4.78 is 27.0. The van der Waals surface area contributed by atoms with Crippen LogP contribution < -0.4 is 14.4 Å². The Hall–Kier alpha value is -1.61. The maximum Gasteiger partial charge on any atom is 0.258 e. The summed E-state index contributed by atoms with van der Waals surface area (Å²) in [4.78, 5) is 12.0. The zero-order chi connectivity index (χ0) is 20.1. The van der Waals surface area contributed by atoms with E-state index in [9.17, 15) is 4.55 Å². The van der Waals surface area contributed by atoms with Gasteiger partial charge in [0.15, 0.2) is 5.82 Å². The molecular weight excluding hydrogens is 376 g/mol. The average Bonchev–Trinajstić information content (AvgIpc) is 2.65. The second-order valence-electron chi connectivity index (χ2n) is 8.53. The van der Waals surface area contributed by atoms with Crippen molar-refractivity contribution in [2.75, 3.05) is 31.3 Å². The lowest BCUT2D eigenvalue weighted by Gasteiger charge is -2.39. The van der Waals surface area contributed by atoms with Crippen molar-refractivity contribution in [2.24, 2.45) is 0 Å². The first-order valence-electron chi connectivity index (χ1n) is 9.71. The highest BCUT2D eigenvalue weighted by Gasteiger charge is 2.34. The van der Waals surface area contributed by atoms with Crippen LogP contribution in [0.5, 0.6) is 5.88 Å². The van der Waals surface area contributed by atoms with Crippen molar-refractivity contribution in [2.45, 2.75) is 51.4 Å². The minimum atomic E-state index is -1.18. The number of rotatable bonds is 3. The van der Waals surface area contributed by atoms with Gasteiger partial charge >= 0.3 is 0 Å². The summed E-state index contributed by atoms with van der Waals surface area (Å²) in [6.07, 6.45) is 0. The SMILES string of the molecule is Cc1cc([C@@H](C)N[S+]([O-])C(C)(C)C)c2nc3c(nc2c1)N1CCOC[C@H]1CO3. The Balaban J connectivity index is 1.75. The fourth-order valence-electron chi connectivity index (χ4n) is 3.57. The van der Waals surface area contributed by atoms with Crippen LogP contribution in [0.25, 0.3) is 11.0 Å². The third kappa shape index (κ3) is 3.66. The summed E-state index contributed by atoms with van der Waals surface area (Å²) in [5.74, 6) is 1.36. The van der Waals surface area contributed by atoms with Gasteiger partial charge in [0.05, 0.1) is 36.3 Å². The molecule has 28 heavy (non-hydrogen) atoms. The van der Waals surface area contributed by atoms with Crippen LogP contribution in [0.3, 0.4) is 0 Å². The van der Waals surface area contributed by atoms with Gasteiger partial charge in [-0.1, -0.05) is 6.07 Å². The molecule has 2 aliphatic rings. The Kier molecular flexibility index (Phi) is 5.16. The first kappa shape index (κ1) is 19.7. The first-order valence-corrected chi connectivity index (χ1v) is 10.9. The number of aryl methyl sites for hydroxylation is 1. The van der Waals surface area contributed by atoms with Crippen LogP contribution in [0.2, 0.25) is 0 Å². The van der Waals surface area contributed by atoms with Crippen LogP contribution in [0.4, 0.5) is 5.82 Å². The highest BCUT2D eigenvalue weighted by molar-refractivity contribution is 7.90. The molecule has 2 aromatic rings. The number of morpholine rings is 1. The van der Waals surface area contributed by atoms with Gasteiger partial charge in [0.1, 0.15) is 11.4 Å². The standard InChI is InChI=1S/C20H28N4O3S/c1-12-8-15(13(2)23-28(25)20(3,4)5)17-16(9-12)21-18-19(22-17)27-11-14-10-26-7-6-24(14)18/h8-9,13-14,23H,6-7,10-11H2,1-5H3/t13-,14+,28?/m1/s1. The number of aromatic nitrogens is 2. The van der Waals surface area contributed by atoms with Crippen molar-refractivity contribution in [1.29, 1.82) is 0 Å². The van der Waals surface area contributed by atoms with Gasteiger partial charge in [-0.25, -0.2) is 9.97 Å². The third-order valence-electron chi connectivity index (χ3n) is 5.11. The van der Waals surface area contributed by atoms with Crippen molar-refractivity contribution in [3.8, 4) is 5.88 Å². The van der Waals surface area contributed by atoms with Crippen molar-refractivity contribution >= 4 is 28.2 Å². The predicted octanol–water partition coefficient (Wildman–Crippen LogP) is 2.65. The molecule has 1 N–H and O–H groups in total. The number of nitrogens with one attached hydrogen (secondary N) is 1. The number of ether oxygens (including phenoxy) is 2. The van der Waals surface area contributed by atoms with Gasteiger partial charge < -0.3 is 18.9 Å². The van der Waals surface area contributed by atoms with Crippen LogP contribution in [-0.2, 0) is 16.1 Å². The number of anilines is 1. The zero-order valence-corrected chi connectivity index (χ0v) is 17.9. The Morgan fingerprint density at radius 2 is 2.07 bits per heavy atom. The normalized spacial score (nSPS) is 21.6. The number of nitrogens with zero attached hydrogens (tertiary/aromatic N) is 3. The summed E-state index contributed by atoms with van der Waals surface area (Å²) in [5.41, 5.74) is 3.71. The van der Waals surface area contributed by atoms with E-state index in [4.69, 9.17) is 19.4 Å². The number of hydrogen-bond acceptors (Lipinski definition) is 7. The molecule has 3 heterocycles. The summed E-state index contributed by atoms with van der Waals surface area (Å²) in [6, 6.07) is 4.19. The highest BCUT2D eigenvalue weighted by atomic mass is 32.2. The molecule has 1 aromatic carbocycles. The fourth-order valence-corrected chi connectivity index (χ4v) is 4.37. The summed E-state index contributed by atoms with van der Waals surface area (Å²) in [7, 11) is 0.